The molecule has 2 rings (SSSR count). The van der Waals surface area contributed by atoms with Gasteiger partial charge >= 0.3 is 6.09 Å². The summed E-state index contributed by atoms with van der Waals surface area (Å²) in [5.41, 5.74) is 5.64. The molecule has 0 saturated heterocycles. The van der Waals surface area contributed by atoms with E-state index in [1.165, 1.54) is 4.90 Å². The number of benzene rings is 2. The minimum atomic E-state index is -1.32. The summed E-state index contributed by atoms with van der Waals surface area (Å²) in [6.45, 7) is 7.06. The first-order valence-corrected chi connectivity index (χ1v) is 12.0. The highest BCUT2D eigenvalue weighted by Crippen LogP contribution is 2.25. The van der Waals surface area contributed by atoms with Crippen LogP contribution in [0.5, 0.6) is 5.75 Å². The molecule has 0 fully saturated rings. The Morgan fingerprint density at radius 2 is 1.62 bits per heavy atom. The van der Waals surface area contributed by atoms with Gasteiger partial charge in [-0.3, -0.25) is 14.4 Å². The highest BCUT2D eigenvalue weighted by Gasteiger charge is 2.36. The number of ether oxygens (including phenoxy) is 2. The van der Waals surface area contributed by atoms with Crippen LogP contribution in [0, 0.1) is 0 Å². The zero-order chi connectivity index (χ0) is 27.6. The van der Waals surface area contributed by atoms with Crippen LogP contribution in [0.3, 0.4) is 0 Å². The van der Waals surface area contributed by atoms with Gasteiger partial charge in [-0.2, -0.15) is 0 Å². The number of rotatable bonds is 11. The van der Waals surface area contributed by atoms with Crippen molar-refractivity contribution >= 4 is 29.5 Å². The molecule has 0 aliphatic heterocycles. The minimum absolute atomic E-state index is 0.180. The Morgan fingerprint density at radius 3 is 2.14 bits per heavy atom. The lowest BCUT2D eigenvalue weighted by Gasteiger charge is -2.34. The van der Waals surface area contributed by atoms with Crippen LogP contribution >= 0.6 is 0 Å². The van der Waals surface area contributed by atoms with Crippen LogP contribution in [0.15, 0.2) is 54.6 Å². The molecule has 200 valence electrons. The summed E-state index contributed by atoms with van der Waals surface area (Å²) in [7, 11) is 1.54. The zero-order valence-corrected chi connectivity index (χ0v) is 21.9. The van der Waals surface area contributed by atoms with Crippen molar-refractivity contribution in [2.45, 2.75) is 58.2 Å². The summed E-state index contributed by atoms with van der Waals surface area (Å²) in [4.78, 5) is 53.0. The van der Waals surface area contributed by atoms with Gasteiger partial charge in [0.25, 0.3) is 5.91 Å². The van der Waals surface area contributed by atoms with E-state index in [1.807, 2.05) is 6.92 Å². The molecule has 2 atom stereocenters. The van der Waals surface area contributed by atoms with E-state index in [4.69, 9.17) is 15.2 Å². The Balaban J connectivity index is 2.43. The van der Waals surface area contributed by atoms with Crippen LogP contribution in [0.4, 0.5) is 10.5 Å². The molecule has 0 heterocycles. The van der Waals surface area contributed by atoms with Gasteiger partial charge in [-0.25, -0.2) is 4.79 Å². The summed E-state index contributed by atoms with van der Waals surface area (Å²) < 4.78 is 10.4. The highest BCUT2D eigenvalue weighted by atomic mass is 16.6. The second kappa shape index (κ2) is 13.3. The number of methoxy groups -OCH3 is 1. The number of hydrogen-bond acceptors (Lipinski definition) is 6. The normalized spacial score (nSPS) is 12.6. The molecule has 2 unspecified atom stereocenters. The predicted octanol–water partition coefficient (Wildman–Crippen LogP) is 3.38. The maximum absolute atomic E-state index is 13.8. The van der Waals surface area contributed by atoms with Crippen molar-refractivity contribution in [1.82, 2.24) is 10.2 Å². The molecule has 0 aliphatic rings. The third kappa shape index (κ3) is 9.14. The molecule has 0 aromatic heterocycles. The summed E-state index contributed by atoms with van der Waals surface area (Å²) in [6.07, 6.45) is -0.817. The molecule has 0 bridgehead atoms. The van der Waals surface area contributed by atoms with Crippen molar-refractivity contribution in [3.8, 4) is 5.75 Å². The number of hydrogen-bond donors (Lipinski definition) is 3. The fourth-order valence-electron chi connectivity index (χ4n) is 3.65. The van der Waals surface area contributed by atoms with Crippen molar-refractivity contribution in [2.24, 2.45) is 5.73 Å². The van der Waals surface area contributed by atoms with Crippen molar-refractivity contribution < 1.29 is 28.7 Å². The molecule has 10 nitrogen and oxygen atoms in total. The molecule has 10 heteroatoms. The Hall–Kier alpha value is -4.08. The topological polar surface area (TPSA) is 140 Å². The van der Waals surface area contributed by atoms with Crippen LogP contribution in [-0.2, 0) is 19.1 Å². The lowest BCUT2D eigenvalue weighted by atomic mass is 10.0. The number of carbonyl (C=O) groups is 4. The molecule has 4 N–H and O–H groups in total. The first-order valence-electron chi connectivity index (χ1n) is 12.0. The van der Waals surface area contributed by atoms with Gasteiger partial charge < -0.3 is 30.7 Å². The Morgan fingerprint density at radius 1 is 1.00 bits per heavy atom. The van der Waals surface area contributed by atoms with Crippen molar-refractivity contribution in [3.63, 3.8) is 0 Å². The number of nitrogens with zero attached hydrogens (tertiary/aromatic N) is 1. The summed E-state index contributed by atoms with van der Waals surface area (Å²) in [5, 5.41) is 5.30. The number of nitrogens with two attached hydrogens (primary N) is 1. The zero-order valence-electron chi connectivity index (χ0n) is 21.9. The third-order valence-electron chi connectivity index (χ3n) is 5.17. The lowest BCUT2D eigenvalue weighted by molar-refractivity contribution is -0.141. The van der Waals surface area contributed by atoms with E-state index >= 15 is 0 Å². The van der Waals surface area contributed by atoms with Crippen LogP contribution < -0.4 is 21.1 Å². The fourth-order valence-corrected chi connectivity index (χ4v) is 3.65. The molecular weight excluding hydrogens is 476 g/mol. The third-order valence-corrected chi connectivity index (χ3v) is 5.17. The second-order valence-electron chi connectivity index (χ2n) is 9.43. The maximum Gasteiger partial charge on any atom is 0.408 e. The molecular formula is C27H36N4O6. The number of alkyl carbamates (subject to hydrolysis) is 1. The largest absolute Gasteiger partial charge is 0.497 e. The lowest BCUT2D eigenvalue weighted by Crippen LogP contribution is -2.53. The average Bonchev–Trinajstić information content (AvgIpc) is 2.82. The Kier molecular flexibility index (Phi) is 10.5. The number of nitrogens with one attached hydrogen (secondary N) is 2. The molecule has 37 heavy (non-hydrogen) atoms. The molecule has 0 aliphatic carbocycles. The number of anilines is 1. The van der Waals surface area contributed by atoms with Crippen molar-refractivity contribution in [2.75, 3.05) is 19.0 Å². The van der Waals surface area contributed by atoms with Gasteiger partial charge in [0.1, 0.15) is 23.4 Å². The monoisotopic (exact) mass is 512 g/mol. The highest BCUT2D eigenvalue weighted by molar-refractivity contribution is 5.99. The summed E-state index contributed by atoms with van der Waals surface area (Å²) >= 11 is 0. The SMILES string of the molecule is CCCN(C(=O)C(CC(N)=O)NC(=O)OC(C)(C)C)C(C(=O)Nc1ccc(OC)cc1)c1ccccc1. The van der Waals surface area contributed by atoms with Gasteiger partial charge in [0.05, 0.1) is 13.5 Å². The van der Waals surface area contributed by atoms with Gasteiger partial charge in [0, 0.05) is 12.2 Å². The molecule has 2 aromatic rings. The number of carbonyl (C=O) groups excluding carboxylic acids is 4. The van der Waals surface area contributed by atoms with Gasteiger partial charge in [0.2, 0.25) is 11.8 Å². The van der Waals surface area contributed by atoms with E-state index in [-0.39, 0.29) is 6.54 Å². The van der Waals surface area contributed by atoms with Gasteiger partial charge in [-0.1, -0.05) is 37.3 Å². The Bertz CT molecular complexity index is 1070. The first kappa shape index (κ1) is 29.2. The van der Waals surface area contributed by atoms with Crippen molar-refractivity contribution in [1.29, 1.82) is 0 Å². The fraction of sp³-hybridized carbons (Fsp3) is 0.407. The van der Waals surface area contributed by atoms with Crippen LogP contribution in [-0.4, -0.2) is 54.0 Å². The molecule has 2 aromatic carbocycles. The summed E-state index contributed by atoms with van der Waals surface area (Å²) in [5.74, 6) is -1.26. The van der Waals surface area contributed by atoms with Crippen molar-refractivity contribution in [3.05, 3.63) is 60.2 Å². The maximum atomic E-state index is 13.8. The molecule has 0 spiro atoms. The standard InChI is InChI=1S/C27H36N4O6/c1-6-16-31(25(34)21(17-22(28)32)30-26(35)37-27(2,3)4)23(18-10-8-7-9-11-18)24(33)29-19-12-14-20(36-5)15-13-19/h7-15,21,23H,6,16-17H2,1-5H3,(H2,28,32)(H,29,33)(H,30,35). The average molecular weight is 513 g/mol. The molecule has 4 amide bonds. The second-order valence-corrected chi connectivity index (χ2v) is 9.43. The van der Waals surface area contributed by atoms with Crippen LogP contribution in [0.1, 0.15) is 52.1 Å². The van der Waals surface area contributed by atoms with Gasteiger partial charge in [0.15, 0.2) is 0 Å². The smallest absolute Gasteiger partial charge is 0.408 e. The van der Waals surface area contributed by atoms with Crippen LogP contribution in [0.25, 0.3) is 0 Å². The quantitative estimate of drug-likeness (QED) is 0.422. The number of primary amides is 1. The summed E-state index contributed by atoms with van der Waals surface area (Å²) in [6, 6.07) is 13.2. The molecule has 0 saturated carbocycles. The van der Waals surface area contributed by atoms with E-state index in [0.717, 1.165) is 0 Å². The Labute approximate surface area is 217 Å². The number of amides is 4. The van der Waals surface area contributed by atoms with E-state index in [1.54, 1.807) is 82.5 Å². The van der Waals surface area contributed by atoms with E-state index in [9.17, 15) is 19.2 Å². The van der Waals surface area contributed by atoms with E-state index in [2.05, 4.69) is 10.6 Å². The first-order chi connectivity index (χ1) is 17.4. The van der Waals surface area contributed by atoms with Gasteiger partial charge in [-0.15, -0.1) is 0 Å². The van der Waals surface area contributed by atoms with Gasteiger partial charge in [-0.05, 0) is 57.0 Å². The predicted molar refractivity (Wildman–Crippen MR) is 140 cm³/mol. The van der Waals surface area contributed by atoms with E-state index in [0.29, 0.717) is 23.4 Å². The van der Waals surface area contributed by atoms with Crippen LogP contribution in [0.2, 0.25) is 0 Å². The van der Waals surface area contributed by atoms with E-state index < -0.39 is 47.9 Å². The minimum Gasteiger partial charge on any atom is -0.497 e. The molecule has 0 radical (unpaired) electrons.